The van der Waals surface area contributed by atoms with Crippen molar-refractivity contribution in [2.24, 2.45) is 0 Å². The van der Waals surface area contributed by atoms with Gasteiger partial charge in [-0.05, 0) is 47.7 Å². The zero-order valence-corrected chi connectivity index (χ0v) is 16.6. The lowest BCUT2D eigenvalue weighted by Gasteiger charge is -2.22. The first-order valence-electron chi connectivity index (χ1n) is 8.60. The second-order valence-corrected chi connectivity index (χ2v) is 7.37. The van der Waals surface area contributed by atoms with E-state index in [9.17, 15) is 18.0 Å². The van der Waals surface area contributed by atoms with Gasteiger partial charge in [0.2, 0.25) is 0 Å². The Balaban J connectivity index is 2.21. The van der Waals surface area contributed by atoms with Gasteiger partial charge in [-0.3, -0.25) is 4.79 Å². The van der Waals surface area contributed by atoms with Crippen molar-refractivity contribution < 1.29 is 23.1 Å². The van der Waals surface area contributed by atoms with Crippen LogP contribution in [0.3, 0.4) is 0 Å². The van der Waals surface area contributed by atoms with Crippen LogP contribution in [0.1, 0.15) is 34.6 Å². The smallest absolute Gasteiger partial charge is 0.396 e. The van der Waals surface area contributed by atoms with Gasteiger partial charge in [-0.1, -0.05) is 47.5 Å². The van der Waals surface area contributed by atoms with E-state index in [-0.39, 0.29) is 31.5 Å². The lowest BCUT2D eigenvalue weighted by Crippen LogP contribution is -2.23. The molecule has 0 unspecified atom stereocenters. The molecule has 8 heteroatoms. The number of rotatable bonds is 8. The standard InChI is InChI=1S/C20H20Cl2F3NO2/c1-12-8-14(3-5-17(12)21)16(20(23,24)25)10-13-2-4-18(22)15(9-13)11-26-7-6-19(27)28/h2-5,8-9,16,26H,6-7,10-11H2,1H3,(H,27,28)/t16-/m0/s1. The molecule has 0 saturated carbocycles. The molecule has 0 radical (unpaired) electrons. The number of halogens is 5. The number of alkyl halides is 3. The number of hydrogen-bond donors (Lipinski definition) is 2. The molecule has 0 saturated heterocycles. The van der Waals surface area contributed by atoms with E-state index in [1.165, 1.54) is 18.2 Å². The minimum absolute atomic E-state index is 0.0522. The van der Waals surface area contributed by atoms with Crippen molar-refractivity contribution in [1.82, 2.24) is 5.32 Å². The van der Waals surface area contributed by atoms with Crippen molar-refractivity contribution in [1.29, 1.82) is 0 Å². The van der Waals surface area contributed by atoms with Crippen LogP contribution >= 0.6 is 23.2 Å². The molecule has 0 fully saturated rings. The SMILES string of the molecule is Cc1cc([C@H](Cc2ccc(Cl)c(CNCCC(=O)O)c2)C(F)(F)F)ccc1Cl. The van der Waals surface area contributed by atoms with Gasteiger partial charge in [0.1, 0.15) is 0 Å². The van der Waals surface area contributed by atoms with Crippen molar-refractivity contribution in [2.45, 2.75) is 38.4 Å². The normalized spacial score (nSPS) is 12.8. The number of aliphatic carboxylic acids is 1. The quantitative estimate of drug-likeness (QED) is 0.520. The van der Waals surface area contributed by atoms with E-state index in [2.05, 4.69) is 5.32 Å². The molecule has 28 heavy (non-hydrogen) atoms. The first-order valence-corrected chi connectivity index (χ1v) is 9.36. The van der Waals surface area contributed by atoms with Gasteiger partial charge in [0.15, 0.2) is 0 Å². The summed E-state index contributed by atoms with van der Waals surface area (Å²) in [6.45, 7) is 2.18. The fourth-order valence-electron chi connectivity index (χ4n) is 2.85. The average Bonchev–Trinajstić information content (AvgIpc) is 2.60. The largest absolute Gasteiger partial charge is 0.481 e. The third kappa shape index (κ3) is 6.40. The van der Waals surface area contributed by atoms with Crippen LogP contribution in [0, 0.1) is 6.92 Å². The van der Waals surface area contributed by atoms with Crippen LogP contribution in [0.25, 0.3) is 0 Å². The van der Waals surface area contributed by atoms with E-state index in [1.807, 2.05) is 0 Å². The molecule has 3 nitrogen and oxygen atoms in total. The van der Waals surface area contributed by atoms with Crippen molar-refractivity contribution in [3.8, 4) is 0 Å². The summed E-state index contributed by atoms with van der Waals surface area (Å²) in [5.74, 6) is -2.60. The molecule has 2 aromatic rings. The summed E-state index contributed by atoms with van der Waals surface area (Å²) < 4.78 is 41.1. The van der Waals surface area contributed by atoms with E-state index >= 15 is 0 Å². The Hall–Kier alpha value is -1.76. The van der Waals surface area contributed by atoms with Crippen LogP contribution in [0.4, 0.5) is 13.2 Å². The minimum atomic E-state index is -4.42. The van der Waals surface area contributed by atoms with Gasteiger partial charge in [0.05, 0.1) is 12.3 Å². The Labute approximate surface area is 171 Å². The van der Waals surface area contributed by atoms with Gasteiger partial charge < -0.3 is 10.4 Å². The highest BCUT2D eigenvalue weighted by Gasteiger charge is 2.40. The first-order chi connectivity index (χ1) is 13.1. The third-order valence-corrected chi connectivity index (χ3v) is 5.15. The summed E-state index contributed by atoms with van der Waals surface area (Å²) in [7, 11) is 0. The number of nitrogens with one attached hydrogen (secondary N) is 1. The molecule has 0 aliphatic rings. The number of carboxylic acids is 1. The maximum atomic E-state index is 13.7. The lowest BCUT2D eigenvalue weighted by molar-refractivity contribution is -0.150. The summed E-state index contributed by atoms with van der Waals surface area (Å²) >= 11 is 12.1. The highest BCUT2D eigenvalue weighted by molar-refractivity contribution is 6.31. The average molecular weight is 434 g/mol. The Bertz CT molecular complexity index is 841. The fourth-order valence-corrected chi connectivity index (χ4v) is 3.15. The summed E-state index contributed by atoms with van der Waals surface area (Å²) in [5, 5.41) is 12.4. The van der Waals surface area contributed by atoms with Crippen LogP contribution < -0.4 is 5.32 Å². The molecule has 1 atom stereocenters. The maximum Gasteiger partial charge on any atom is 0.396 e. The van der Waals surface area contributed by atoms with Gasteiger partial charge in [0.25, 0.3) is 0 Å². The van der Waals surface area contributed by atoms with Crippen LogP contribution in [-0.2, 0) is 17.8 Å². The Morgan fingerprint density at radius 3 is 2.43 bits per heavy atom. The van der Waals surface area contributed by atoms with Crippen LogP contribution in [0.2, 0.25) is 10.0 Å². The van der Waals surface area contributed by atoms with Crippen LogP contribution in [-0.4, -0.2) is 23.8 Å². The number of hydrogen-bond acceptors (Lipinski definition) is 2. The van der Waals surface area contributed by atoms with Gasteiger partial charge in [0, 0.05) is 23.1 Å². The van der Waals surface area contributed by atoms with Crippen LogP contribution in [0.15, 0.2) is 36.4 Å². The van der Waals surface area contributed by atoms with Crippen molar-refractivity contribution in [2.75, 3.05) is 6.54 Å². The zero-order valence-electron chi connectivity index (χ0n) is 15.1. The van der Waals surface area contributed by atoms with E-state index in [0.717, 1.165) is 0 Å². The topological polar surface area (TPSA) is 49.3 Å². The molecular weight excluding hydrogens is 414 g/mol. The van der Waals surface area contributed by atoms with E-state index < -0.39 is 18.1 Å². The first kappa shape index (κ1) is 22.5. The Morgan fingerprint density at radius 1 is 1.14 bits per heavy atom. The second kappa shape index (κ2) is 9.63. The van der Waals surface area contributed by atoms with E-state index in [4.69, 9.17) is 28.3 Å². The van der Waals surface area contributed by atoms with Gasteiger partial charge in [-0.15, -0.1) is 0 Å². The van der Waals surface area contributed by atoms with Crippen LogP contribution in [0.5, 0.6) is 0 Å². The number of carboxylic acid groups (broad SMARTS) is 1. The van der Waals surface area contributed by atoms with E-state index in [1.54, 1.807) is 25.1 Å². The number of carbonyl (C=O) groups is 1. The van der Waals surface area contributed by atoms with Crippen molar-refractivity contribution >= 4 is 29.2 Å². The lowest BCUT2D eigenvalue weighted by atomic mass is 9.90. The molecule has 2 N–H and O–H groups in total. The molecule has 0 aliphatic carbocycles. The highest BCUT2D eigenvalue weighted by Crippen LogP contribution is 2.38. The molecule has 0 aromatic heterocycles. The third-order valence-electron chi connectivity index (χ3n) is 4.36. The highest BCUT2D eigenvalue weighted by atomic mass is 35.5. The molecular formula is C20H20Cl2F3NO2. The molecule has 152 valence electrons. The Kier molecular flexibility index (Phi) is 7.75. The molecule has 0 bridgehead atoms. The Morgan fingerprint density at radius 2 is 1.82 bits per heavy atom. The predicted molar refractivity (Wildman–Crippen MR) is 104 cm³/mol. The summed E-state index contributed by atoms with van der Waals surface area (Å²) in [4.78, 5) is 10.5. The minimum Gasteiger partial charge on any atom is -0.481 e. The molecule has 2 rings (SSSR count). The second-order valence-electron chi connectivity index (χ2n) is 6.55. The zero-order chi connectivity index (χ0) is 20.9. The monoisotopic (exact) mass is 433 g/mol. The summed E-state index contributed by atoms with van der Waals surface area (Å²) in [6, 6.07) is 9.10. The molecule has 0 heterocycles. The van der Waals surface area contributed by atoms with Gasteiger partial charge in [-0.25, -0.2) is 0 Å². The summed E-state index contributed by atoms with van der Waals surface area (Å²) in [6.07, 6.45) is -4.70. The maximum absolute atomic E-state index is 13.7. The van der Waals surface area contributed by atoms with Crippen molar-refractivity contribution in [3.05, 3.63) is 68.7 Å². The predicted octanol–water partition coefficient (Wildman–Crippen LogP) is 5.75. The van der Waals surface area contributed by atoms with Crippen molar-refractivity contribution in [3.63, 3.8) is 0 Å². The number of benzene rings is 2. The molecule has 0 aliphatic heterocycles. The molecule has 0 spiro atoms. The fraction of sp³-hybridized carbons (Fsp3) is 0.350. The van der Waals surface area contributed by atoms with Gasteiger partial charge in [-0.2, -0.15) is 13.2 Å². The number of aryl methyl sites for hydroxylation is 1. The summed E-state index contributed by atoms with van der Waals surface area (Å²) in [5.41, 5.74) is 1.87. The molecule has 2 aromatic carbocycles. The van der Waals surface area contributed by atoms with Gasteiger partial charge >= 0.3 is 12.1 Å². The molecule has 0 amide bonds. The van der Waals surface area contributed by atoms with E-state index in [0.29, 0.717) is 26.7 Å².